The Morgan fingerprint density at radius 1 is 0.950 bits per heavy atom. The van der Waals surface area contributed by atoms with E-state index >= 15 is 0 Å². The van der Waals surface area contributed by atoms with Crippen molar-refractivity contribution in [3.8, 4) is 0 Å². The van der Waals surface area contributed by atoms with Gasteiger partial charge in [0.1, 0.15) is 0 Å². The van der Waals surface area contributed by atoms with Crippen molar-refractivity contribution in [2.24, 2.45) is 0 Å². The van der Waals surface area contributed by atoms with Gasteiger partial charge in [0.25, 0.3) is 0 Å². The number of nitrogen functional groups attached to an aromatic ring is 1. The Labute approximate surface area is 126 Å². The van der Waals surface area contributed by atoms with Crippen molar-refractivity contribution in [1.82, 2.24) is 0 Å². The van der Waals surface area contributed by atoms with Crippen LogP contribution in [0.25, 0.3) is 0 Å². The van der Waals surface area contributed by atoms with Gasteiger partial charge >= 0.3 is 0 Å². The van der Waals surface area contributed by atoms with Crippen molar-refractivity contribution in [2.75, 3.05) is 23.7 Å². The van der Waals surface area contributed by atoms with Crippen LogP contribution < -0.4 is 10.6 Å². The SMILES string of the molecule is CCN(CC)c1ccc(Cc2ccc(Cl)cc2)cc1N. The van der Waals surface area contributed by atoms with Gasteiger partial charge in [-0.05, 0) is 55.7 Å². The van der Waals surface area contributed by atoms with Crippen LogP contribution in [0.4, 0.5) is 11.4 Å². The highest BCUT2D eigenvalue weighted by atomic mass is 35.5. The van der Waals surface area contributed by atoms with Crippen molar-refractivity contribution in [3.05, 3.63) is 58.6 Å². The van der Waals surface area contributed by atoms with Gasteiger partial charge in [0.15, 0.2) is 0 Å². The highest BCUT2D eigenvalue weighted by Gasteiger charge is 2.07. The average molecular weight is 289 g/mol. The molecular weight excluding hydrogens is 268 g/mol. The monoisotopic (exact) mass is 288 g/mol. The molecule has 0 aliphatic heterocycles. The molecule has 2 N–H and O–H groups in total. The fourth-order valence-electron chi connectivity index (χ4n) is 2.40. The molecule has 2 nitrogen and oxygen atoms in total. The molecule has 2 rings (SSSR count). The van der Waals surface area contributed by atoms with Gasteiger partial charge in [-0.1, -0.05) is 29.8 Å². The molecular formula is C17H21ClN2. The number of rotatable bonds is 5. The highest BCUT2D eigenvalue weighted by molar-refractivity contribution is 6.30. The molecule has 0 amide bonds. The second-order valence-electron chi connectivity index (χ2n) is 4.87. The molecule has 20 heavy (non-hydrogen) atoms. The Kier molecular flexibility index (Phi) is 4.91. The molecule has 0 unspecified atom stereocenters. The van der Waals surface area contributed by atoms with Crippen LogP contribution in [-0.4, -0.2) is 13.1 Å². The lowest BCUT2D eigenvalue weighted by Gasteiger charge is -2.23. The fourth-order valence-corrected chi connectivity index (χ4v) is 2.53. The smallest absolute Gasteiger partial charge is 0.0599 e. The summed E-state index contributed by atoms with van der Waals surface area (Å²) < 4.78 is 0. The molecule has 0 bridgehead atoms. The summed E-state index contributed by atoms with van der Waals surface area (Å²) in [5.74, 6) is 0. The summed E-state index contributed by atoms with van der Waals surface area (Å²) in [7, 11) is 0. The third kappa shape index (κ3) is 3.45. The molecule has 0 atom stereocenters. The predicted octanol–water partition coefficient (Wildman–Crippen LogP) is 4.36. The molecule has 0 heterocycles. The molecule has 0 aliphatic carbocycles. The zero-order valence-electron chi connectivity index (χ0n) is 12.1. The molecule has 0 aromatic heterocycles. The number of nitrogens with two attached hydrogens (primary N) is 1. The summed E-state index contributed by atoms with van der Waals surface area (Å²) >= 11 is 5.90. The molecule has 0 aliphatic rings. The maximum atomic E-state index is 6.19. The van der Waals surface area contributed by atoms with Gasteiger partial charge in [-0.2, -0.15) is 0 Å². The molecule has 0 fully saturated rings. The lowest BCUT2D eigenvalue weighted by Crippen LogP contribution is -2.22. The summed E-state index contributed by atoms with van der Waals surface area (Å²) in [6.45, 7) is 6.23. The van der Waals surface area contributed by atoms with E-state index < -0.39 is 0 Å². The first-order chi connectivity index (χ1) is 9.63. The zero-order valence-corrected chi connectivity index (χ0v) is 12.8. The van der Waals surface area contributed by atoms with E-state index in [2.05, 4.69) is 49.1 Å². The first kappa shape index (κ1) is 14.7. The van der Waals surface area contributed by atoms with Gasteiger partial charge in [0.2, 0.25) is 0 Å². The van der Waals surface area contributed by atoms with Gasteiger partial charge in [-0.25, -0.2) is 0 Å². The van der Waals surface area contributed by atoms with Gasteiger partial charge in [-0.3, -0.25) is 0 Å². The van der Waals surface area contributed by atoms with E-state index in [0.717, 1.165) is 35.9 Å². The third-order valence-corrected chi connectivity index (χ3v) is 3.77. The van der Waals surface area contributed by atoms with Crippen LogP contribution in [0.3, 0.4) is 0 Å². The molecule has 0 saturated carbocycles. The van der Waals surface area contributed by atoms with Crippen molar-refractivity contribution < 1.29 is 0 Å². The fraction of sp³-hybridized carbons (Fsp3) is 0.294. The summed E-state index contributed by atoms with van der Waals surface area (Å²) in [4.78, 5) is 2.27. The molecule has 106 valence electrons. The first-order valence-corrected chi connectivity index (χ1v) is 7.39. The maximum absolute atomic E-state index is 6.19. The summed E-state index contributed by atoms with van der Waals surface area (Å²) in [6.07, 6.45) is 0.875. The average Bonchev–Trinajstić information content (AvgIpc) is 2.45. The number of halogens is 1. The molecule has 2 aromatic rings. The second-order valence-corrected chi connectivity index (χ2v) is 5.31. The van der Waals surface area contributed by atoms with Crippen LogP contribution in [0.5, 0.6) is 0 Å². The van der Waals surface area contributed by atoms with Gasteiger partial charge in [0, 0.05) is 18.1 Å². The number of hydrogen-bond donors (Lipinski definition) is 1. The first-order valence-electron chi connectivity index (χ1n) is 7.01. The minimum Gasteiger partial charge on any atom is -0.397 e. The van der Waals surface area contributed by atoms with Gasteiger partial charge in [-0.15, -0.1) is 0 Å². The van der Waals surface area contributed by atoms with Crippen LogP contribution in [0, 0.1) is 0 Å². The predicted molar refractivity (Wildman–Crippen MR) is 88.7 cm³/mol. The molecule has 0 spiro atoms. The topological polar surface area (TPSA) is 29.3 Å². The van der Waals surface area contributed by atoms with Crippen LogP contribution in [0.15, 0.2) is 42.5 Å². The molecule has 2 aromatic carbocycles. The van der Waals surface area contributed by atoms with Crippen LogP contribution in [-0.2, 0) is 6.42 Å². The number of anilines is 2. The van der Waals surface area contributed by atoms with E-state index in [4.69, 9.17) is 17.3 Å². The summed E-state index contributed by atoms with van der Waals surface area (Å²) in [5.41, 5.74) is 10.6. The standard InChI is InChI=1S/C17H21ClN2/c1-3-20(4-2)17-10-7-14(12-16(17)19)11-13-5-8-15(18)9-6-13/h5-10,12H,3-4,11,19H2,1-2H3. The number of hydrogen-bond acceptors (Lipinski definition) is 2. The molecule has 3 heteroatoms. The van der Waals surface area contributed by atoms with Crippen molar-refractivity contribution in [2.45, 2.75) is 20.3 Å². The van der Waals surface area contributed by atoms with Crippen molar-refractivity contribution in [3.63, 3.8) is 0 Å². The molecule has 0 radical (unpaired) electrons. The Bertz CT molecular complexity index is 560. The summed E-state index contributed by atoms with van der Waals surface area (Å²) in [6, 6.07) is 14.3. The Balaban J connectivity index is 2.18. The maximum Gasteiger partial charge on any atom is 0.0599 e. The van der Waals surface area contributed by atoms with Crippen LogP contribution >= 0.6 is 11.6 Å². The Morgan fingerprint density at radius 2 is 1.55 bits per heavy atom. The van der Waals surface area contributed by atoms with E-state index in [-0.39, 0.29) is 0 Å². The van der Waals surface area contributed by atoms with E-state index in [1.54, 1.807) is 0 Å². The van der Waals surface area contributed by atoms with E-state index in [1.807, 2.05) is 12.1 Å². The van der Waals surface area contributed by atoms with Gasteiger partial charge in [0.05, 0.1) is 11.4 Å². The number of nitrogens with zero attached hydrogens (tertiary/aromatic N) is 1. The third-order valence-electron chi connectivity index (χ3n) is 3.52. The lowest BCUT2D eigenvalue weighted by atomic mass is 10.0. The Hall–Kier alpha value is -1.67. The largest absolute Gasteiger partial charge is 0.397 e. The minimum atomic E-state index is 0.769. The van der Waals surface area contributed by atoms with E-state index in [9.17, 15) is 0 Å². The quantitative estimate of drug-likeness (QED) is 0.828. The number of benzene rings is 2. The van der Waals surface area contributed by atoms with Crippen LogP contribution in [0.2, 0.25) is 5.02 Å². The van der Waals surface area contributed by atoms with E-state index in [0.29, 0.717) is 0 Å². The minimum absolute atomic E-state index is 0.769. The van der Waals surface area contributed by atoms with E-state index in [1.165, 1.54) is 11.1 Å². The zero-order chi connectivity index (χ0) is 14.5. The van der Waals surface area contributed by atoms with Crippen LogP contribution in [0.1, 0.15) is 25.0 Å². The highest BCUT2D eigenvalue weighted by Crippen LogP contribution is 2.25. The Morgan fingerprint density at radius 3 is 2.10 bits per heavy atom. The second kappa shape index (κ2) is 6.67. The van der Waals surface area contributed by atoms with Gasteiger partial charge < -0.3 is 10.6 Å². The summed E-state index contributed by atoms with van der Waals surface area (Å²) in [5, 5.41) is 0.769. The van der Waals surface area contributed by atoms with Crippen molar-refractivity contribution in [1.29, 1.82) is 0 Å². The lowest BCUT2D eigenvalue weighted by molar-refractivity contribution is 0.867. The van der Waals surface area contributed by atoms with Crippen molar-refractivity contribution >= 4 is 23.0 Å². The normalized spacial score (nSPS) is 10.6. The molecule has 0 saturated heterocycles.